The molecule has 0 spiro atoms. The largest absolute Gasteiger partial charge is 0.339 e. The van der Waals surface area contributed by atoms with Gasteiger partial charge >= 0.3 is 0 Å². The molecule has 82 valence electrons. The predicted octanol–water partition coefficient (Wildman–Crippen LogP) is 0.380. The fourth-order valence-corrected chi connectivity index (χ4v) is 1.11. The maximum Gasteiger partial charge on any atom is 0.239 e. The van der Waals surface area contributed by atoms with E-state index in [9.17, 15) is 4.79 Å². The highest BCUT2D eigenvalue weighted by atomic mass is 16.2. The smallest absolute Gasteiger partial charge is 0.239 e. The molecule has 15 heavy (non-hydrogen) atoms. The van der Waals surface area contributed by atoms with E-state index in [-0.39, 0.29) is 18.7 Å². The molecule has 0 fully saturated rings. The highest BCUT2D eigenvalue weighted by Crippen LogP contribution is 2.00. The molecule has 5 heteroatoms. The summed E-state index contributed by atoms with van der Waals surface area (Å²) in [6.07, 6.45) is 1.11. The SMILES string of the molecule is CC[C@H](N)C(=O)N(CCC#N)CCC#N. The summed E-state index contributed by atoms with van der Waals surface area (Å²) in [5, 5.41) is 16.9. The molecule has 1 atom stereocenters. The lowest BCUT2D eigenvalue weighted by molar-refractivity contribution is -0.132. The minimum atomic E-state index is -0.526. The second-order valence-corrected chi connectivity index (χ2v) is 3.16. The van der Waals surface area contributed by atoms with E-state index < -0.39 is 6.04 Å². The Labute approximate surface area is 90.1 Å². The van der Waals surface area contributed by atoms with Crippen molar-refractivity contribution in [1.82, 2.24) is 4.90 Å². The van der Waals surface area contributed by atoms with Gasteiger partial charge in [0.1, 0.15) is 0 Å². The molecular formula is C10H16N4O. The molecule has 0 unspecified atom stereocenters. The number of nitriles is 2. The average molecular weight is 208 g/mol. The lowest BCUT2D eigenvalue weighted by atomic mass is 10.2. The van der Waals surface area contributed by atoms with E-state index in [1.807, 2.05) is 19.1 Å². The molecule has 0 aliphatic heterocycles. The molecular weight excluding hydrogens is 192 g/mol. The van der Waals surface area contributed by atoms with Gasteiger partial charge in [-0.25, -0.2) is 0 Å². The Bertz CT molecular complexity index is 258. The summed E-state index contributed by atoms with van der Waals surface area (Å²) in [7, 11) is 0. The normalized spacial score (nSPS) is 11.2. The van der Waals surface area contributed by atoms with Gasteiger partial charge in [-0.2, -0.15) is 10.5 Å². The van der Waals surface area contributed by atoms with Crippen molar-refractivity contribution < 1.29 is 4.79 Å². The van der Waals surface area contributed by atoms with Gasteiger partial charge in [-0.15, -0.1) is 0 Å². The van der Waals surface area contributed by atoms with Crippen molar-refractivity contribution in [3.8, 4) is 12.1 Å². The lowest BCUT2D eigenvalue weighted by Gasteiger charge is -2.23. The third kappa shape index (κ3) is 4.99. The van der Waals surface area contributed by atoms with E-state index in [0.29, 0.717) is 19.5 Å². The fourth-order valence-electron chi connectivity index (χ4n) is 1.11. The summed E-state index contributed by atoms with van der Waals surface area (Å²) in [5.41, 5.74) is 5.60. The van der Waals surface area contributed by atoms with Gasteiger partial charge in [0, 0.05) is 13.1 Å². The third-order valence-corrected chi connectivity index (χ3v) is 2.06. The van der Waals surface area contributed by atoms with Crippen LogP contribution in [-0.4, -0.2) is 29.9 Å². The van der Waals surface area contributed by atoms with Crippen LogP contribution in [-0.2, 0) is 4.79 Å². The van der Waals surface area contributed by atoms with Crippen molar-refractivity contribution in [2.45, 2.75) is 32.2 Å². The molecule has 0 aromatic rings. The molecule has 0 aliphatic rings. The second-order valence-electron chi connectivity index (χ2n) is 3.16. The minimum Gasteiger partial charge on any atom is -0.339 e. The van der Waals surface area contributed by atoms with Crippen LogP contribution in [0.25, 0.3) is 0 Å². The van der Waals surface area contributed by atoms with Crippen LogP contribution in [0.1, 0.15) is 26.2 Å². The first-order valence-corrected chi connectivity index (χ1v) is 4.95. The van der Waals surface area contributed by atoms with E-state index in [2.05, 4.69) is 0 Å². The van der Waals surface area contributed by atoms with E-state index in [1.165, 1.54) is 4.90 Å². The number of carbonyl (C=O) groups excluding carboxylic acids is 1. The quantitative estimate of drug-likeness (QED) is 0.682. The summed E-state index contributed by atoms with van der Waals surface area (Å²) in [6.45, 7) is 2.53. The van der Waals surface area contributed by atoms with Gasteiger partial charge in [0.25, 0.3) is 0 Å². The molecule has 1 amide bonds. The van der Waals surface area contributed by atoms with Gasteiger partial charge < -0.3 is 10.6 Å². The van der Waals surface area contributed by atoms with Crippen molar-refractivity contribution in [2.24, 2.45) is 5.73 Å². The van der Waals surface area contributed by atoms with E-state index in [0.717, 1.165) is 0 Å². The van der Waals surface area contributed by atoms with E-state index >= 15 is 0 Å². The number of nitrogens with zero attached hydrogens (tertiary/aromatic N) is 3. The van der Waals surface area contributed by atoms with E-state index in [1.54, 1.807) is 0 Å². The summed E-state index contributed by atoms with van der Waals surface area (Å²) in [6, 6.07) is 3.41. The highest BCUT2D eigenvalue weighted by molar-refractivity contribution is 5.81. The third-order valence-electron chi connectivity index (χ3n) is 2.06. The van der Waals surface area contributed by atoms with Crippen molar-refractivity contribution in [1.29, 1.82) is 10.5 Å². The number of hydrogen-bond donors (Lipinski definition) is 1. The number of nitrogens with two attached hydrogens (primary N) is 1. The number of carbonyl (C=O) groups is 1. The molecule has 0 radical (unpaired) electrons. The van der Waals surface area contributed by atoms with Crippen LogP contribution in [0.3, 0.4) is 0 Å². The summed E-state index contributed by atoms with van der Waals surface area (Å²) < 4.78 is 0. The molecule has 0 heterocycles. The summed E-state index contributed by atoms with van der Waals surface area (Å²) in [5.74, 6) is -0.178. The number of rotatable bonds is 6. The molecule has 5 nitrogen and oxygen atoms in total. The molecule has 0 aliphatic carbocycles. The van der Waals surface area contributed by atoms with Crippen LogP contribution in [0.15, 0.2) is 0 Å². The Morgan fingerprint density at radius 2 is 1.80 bits per heavy atom. The Morgan fingerprint density at radius 3 is 2.13 bits per heavy atom. The first kappa shape index (κ1) is 13.4. The number of hydrogen-bond acceptors (Lipinski definition) is 4. The Hall–Kier alpha value is -1.59. The van der Waals surface area contributed by atoms with Crippen LogP contribution in [0.5, 0.6) is 0 Å². The van der Waals surface area contributed by atoms with Crippen LogP contribution >= 0.6 is 0 Å². The standard InChI is InChI=1S/C10H16N4O/c1-2-9(13)10(15)14(7-3-5-11)8-4-6-12/h9H,2-4,7-8,13H2,1H3/t9-/m0/s1. The van der Waals surface area contributed by atoms with Gasteiger partial charge in [0.2, 0.25) is 5.91 Å². The van der Waals surface area contributed by atoms with Crippen LogP contribution in [0, 0.1) is 22.7 Å². The molecule has 0 saturated carbocycles. The topological polar surface area (TPSA) is 93.9 Å². The molecule has 0 rings (SSSR count). The van der Waals surface area contributed by atoms with Gasteiger partial charge in [-0.05, 0) is 6.42 Å². The van der Waals surface area contributed by atoms with Crippen LogP contribution in [0.2, 0.25) is 0 Å². The average Bonchev–Trinajstić information content (AvgIpc) is 2.27. The first-order valence-electron chi connectivity index (χ1n) is 4.95. The maximum atomic E-state index is 11.7. The van der Waals surface area contributed by atoms with Crippen LogP contribution < -0.4 is 5.73 Å². The van der Waals surface area contributed by atoms with Crippen molar-refractivity contribution in [3.63, 3.8) is 0 Å². The van der Waals surface area contributed by atoms with Gasteiger partial charge in [-0.1, -0.05) is 6.92 Å². The predicted molar refractivity (Wildman–Crippen MR) is 55.3 cm³/mol. The van der Waals surface area contributed by atoms with Crippen molar-refractivity contribution in [3.05, 3.63) is 0 Å². The van der Waals surface area contributed by atoms with E-state index in [4.69, 9.17) is 16.3 Å². The van der Waals surface area contributed by atoms with Gasteiger partial charge in [0.15, 0.2) is 0 Å². The fraction of sp³-hybridized carbons (Fsp3) is 0.700. The van der Waals surface area contributed by atoms with Crippen molar-refractivity contribution in [2.75, 3.05) is 13.1 Å². The first-order chi connectivity index (χ1) is 7.17. The Balaban J connectivity index is 4.28. The Kier molecular flexibility index (Phi) is 6.96. The Morgan fingerprint density at radius 1 is 1.33 bits per heavy atom. The lowest BCUT2D eigenvalue weighted by Crippen LogP contribution is -2.44. The molecule has 2 N–H and O–H groups in total. The monoisotopic (exact) mass is 208 g/mol. The maximum absolute atomic E-state index is 11.7. The highest BCUT2D eigenvalue weighted by Gasteiger charge is 2.18. The molecule has 0 saturated heterocycles. The molecule has 0 bridgehead atoms. The zero-order valence-corrected chi connectivity index (χ0v) is 8.94. The summed E-state index contributed by atoms with van der Waals surface area (Å²) >= 11 is 0. The van der Waals surface area contributed by atoms with Gasteiger partial charge in [0.05, 0.1) is 31.0 Å². The summed E-state index contributed by atoms with van der Waals surface area (Å²) in [4.78, 5) is 13.2. The molecule has 0 aromatic carbocycles. The van der Waals surface area contributed by atoms with Crippen molar-refractivity contribution >= 4 is 5.91 Å². The molecule has 0 aromatic heterocycles. The zero-order valence-electron chi connectivity index (χ0n) is 8.94. The van der Waals surface area contributed by atoms with Crippen LogP contribution in [0.4, 0.5) is 0 Å². The number of amides is 1. The minimum absolute atomic E-state index is 0.178. The zero-order chi connectivity index (χ0) is 11.7. The van der Waals surface area contributed by atoms with Gasteiger partial charge in [-0.3, -0.25) is 4.79 Å². The second kappa shape index (κ2) is 7.78.